The van der Waals surface area contributed by atoms with Gasteiger partial charge in [0.2, 0.25) is 0 Å². The molecular formula is C10H19NO. The molecule has 3 atom stereocenters. The van der Waals surface area contributed by atoms with Crippen LogP contribution in [0.25, 0.3) is 0 Å². The van der Waals surface area contributed by atoms with Gasteiger partial charge in [-0.25, -0.2) is 0 Å². The molecule has 1 saturated carbocycles. The number of aliphatic hydroxyl groups excluding tert-OH is 1. The number of rotatable bonds is 3. The molecule has 0 aromatic rings. The van der Waals surface area contributed by atoms with E-state index in [4.69, 9.17) is 0 Å². The Hall–Kier alpha value is -0.0800. The summed E-state index contributed by atoms with van der Waals surface area (Å²) in [5.74, 6) is 0.989. The van der Waals surface area contributed by atoms with Gasteiger partial charge in [-0.1, -0.05) is 6.92 Å². The van der Waals surface area contributed by atoms with E-state index in [1.165, 1.54) is 25.8 Å². The monoisotopic (exact) mass is 169 g/mol. The van der Waals surface area contributed by atoms with Gasteiger partial charge in [-0.3, -0.25) is 4.90 Å². The number of fused-ring (bicyclic) bond motifs is 1. The van der Waals surface area contributed by atoms with Gasteiger partial charge in [0.15, 0.2) is 0 Å². The fourth-order valence-corrected chi connectivity index (χ4v) is 2.34. The second-order valence-electron chi connectivity index (χ2n) is 4.26. The fourth-order valence-electron chi connectivity index (χ4n) is 2.34. The van der Waals surface area contributed by atoms with Gasteiger partial charge >= 0.3 is 0 Å². The van der Waals surface area contributed by atoms with Gasteiger partial charge in [-0.2, -0.15) is 0 Å². The van der Waals surface area contributed by atoms with Crippen molar-refractivity contribution in [3.8, 4) is 0 Å². The Balaban J connectivity index is 1.79. The Morgan fingerprint density at radius 1 is 1.58 bits per heavy atom. The van der Waals surface area contributed by atoms with Crippen molar-refractivity contribution in [2.24, 2.45) is 5.92 Å². The minimum absolute atomic E-state index is 0.0932. The van der Waals surface area contributed by atoms with Crippen LogP contribution in [-0.2, 0) is 0 Å². The normalized spacial score (nSPS) is 37.5. The van der Waals surface area contributed by atoms with Gasteiger partial charge in [0, 0.05) is 12.6 Å². The van der Waals surface area contributed by atoms with E-state index in [1.807, 2.05) is 0 Å². The van der Waals surface area contributed by atoms with Crippen LogP contribution in [0.4, 0.5) is 0 Å². The van der Waals surface area contributed by atoms with E-state index in [0.717, 1.165) is 24.9 Å². The van der Waals surface area contributed by atoms with Crippen LogP contribution in [0.3, 0.4) is 0 Å². The van der Waals surface area contributed by atoms with Gasteiger partial charge < -0.3 is 5.11 Å². The fraction of sp³-hybridized carbons (Fsp3) is 1.00. The molecular weight excluding hydrogens is 150 g/mol. The van der Waals surface area contributed by atoms with E-state index in [2.05, 4.69) is 11.8 Å². The molecule has 1 aliphatic carbocycles. The summed E-state index contributed by atoms with van der Waals surface area (Å²) in [7, 11) is 0. The van der Waals surface area contributed by atoms with Crippen LogP contribution in [0.2, 0.25) is 0 Å². The predicted octanol–water partition coefficient (Wildman–Crippen LogP) is 1.24. The van der Waals surface area contributed by atoms with E-state index >= 15 is 0 Å². The standard InChI is InChI=1S/C10H19NO/c1-2-9(12)7-11-5-3-4-8-6-10(8)11/h8-10,12H,2-7H2,1H3/t8?,9-,10?/m1/s1. The summed E-state index contributed by atoms with van der Waals surface area (Å²) in [6.45, 7) is 4.19. The lowest BCUT2D eigenvalue weighted by molar-refractivity contribution is 0.0927. The van der Waals surface area contributed by atoms with Crippen LogP contribution in [0.15, 0.2) is 0 Å². The zero-order valence-electron chi connectivity index (χ0n) is 7.87. The molecule has 2 aliphatic rings. The Bertz CT molecular complexity index is 160. The number of aliphatic hydroxyl groups is 1. The van der Waals surface area contributed by atoms with E-state index in [-0.39, 0.29) is 6.10 Å². The van der Waals surface area contributed by atoms with Crippen molar-refractivity contribution < 1.29 is 5.11 Å². The van der Waals surface area contributed by atoms with Crippen LogP contribution < -0.4 is 0 Å². The predicted molar refractivity (Wildman–Crippen MR) is 49.0 cm³/mol. The molecule has 0 amide bonds. The molecule has 12 heavy (non-hydrogen) atoms. The first-order valence-electron chi connectivity index (χ1n) is 5.23. The quantitative estimate of drug-likeness (QED) is 0.687. The summed E-state index contributed by atoms with van der Waals surface area (Å²) < 4.78 is 0. The van der Waals surface area contributed by atoms with Crippen molar-refractivity contribution in [1.29, 1.82) is 0 Å². The highest BCUT2D eigenvalue weighted by molar-refractivity contribution is 4.98. The highest BCUT2D eigenvalue weighted by Gasteiger charge is 2.43. The van der Waals surface area contributed by atoms with E-state index in [0.29, 0.717) is 0 Å². The molecule has 0 aromatic carbocycles. The van der Waals surface area contributed by atoms with Crippen LogP contribution in [0.5, 0.6) is 0 Å². The molecule has 1 aliphatic heterocycles. The smallest absolute Gasteiger partial charge is 0.0664 e. The molecule has 1 N–H and O–H groups in total. The van der Waals surface area contributed by atoms with Gasteiger partial charge in [0.1, 0.15) is 0 Å². The van der Waals surface area contributed by atoms with Crippen LogP contribution >= 0.6 is 0 Å². The summed E-state index contributed by atoms with van der Waals surface area (Å²) in [4.78, 5) is 2.49. The number of piperidine rings is 1. The number of likely N-dealkylation sites (tertiary alicyclic amines) is 1. The van der Waals surface area contributed by atoms with Gasteiger partial charge in [-0.05, 0) is 38.1 Å². The number of hydrogen-bond acceptors (Lipinski definition) is 2. The molecule has 70 valence electrons. The lowest BCUT2D eigenvalue weighted by Gasteiger charge is -2.28. The third-order valence-electron chi connectivity index (χ3n) is 3.29. The lowest BCUT2D eigenvalue weighted by Crippen LogP contribution is -2.37. The van der Waals surface area contributed by atoms with Crippen molar-refractivity contribution >= 4 is 0 Å². The molecule has 2 nitrogen and oxygen atoms in total. The molecule has 0 spiro atoms. The first kappa shape index (κ1) is 8.52. The molecule has 0 bridgehead atoms. The Morgan fingerprint density at radius 3 is 3.17 bits per heavy atom. The van der Waals surface area contributed by atoms with Crippen molar-refractivity contribution in [2.75, 3.05) is 13.1 Å². The SMILES string of the molecule is CC[C@@H](O)CN1CCCC2CC21. The minimum atomic E-state index is -0.0932. The van der Waals surface area contributed by atoms with E-state index in [1.54, 1.807) is 0 Å². The van der Waals surface area contributed by atoms with Gasteiger partial charge in [0.05, 0.1) is 6.10 Å². The zero-order chi connectivity index (χ0) is 8.55. The van der Waals surface area contributed by atoms with Crippen molar-refractivity contribution in [1.82, 2.24) is 4.90 Å². The van der Waals surface area contributed by atoms with Crippen LogP contribution in [0, 0.1) is 5.92 Å². The summed E-state index contributed by atoms with van der Waals surface area (Å²) in [6.07, 6.45) is 4.98. The second kappa shape index (κ2) is 3.35. The van der Waals surface area contributed by atoms with Gasteiger partial charge in [-0.15, -0.1) is 0 Å². The first-order chi connectivity index (χ1) is 5.81. The highest BCUT2D eigenvalue weighted by Crippen LogP contribution is 2.42. The highest BCUT2D eigenvalue weighted by atomic mass is 16.3. The zero-order valence-corrected chi connectivity index (χ0v) is 7.87. The maximum absolute atomic E-state index is 9.50. The topological polar surface area (TPSA) is 23.5 Å². The molecule has 1 saturated heterocycles. The average molecular weight is 169 g/mol. The molecule has 0 radical (unpaired) electrons. The summed E-state index contributed by atoms with van der Waals surface area (Å²) in [5, 5.41) is 9.50. The van der Waals surface area contributed by atoms with Crippen molar-refractivity contribution in [3.05, 3.63) is 0 Å². The third kappa shape index (κ3) is 1.64. The van der Waals surface area contributed by atoms with E-state index < -0.39 is 0 Å². The largest absolute Gasteiger partial charge is 0.392 e. The Kier molecular flexibility index (Phi) is 2.37. The first-order valence-corrected chi connectivity index (χ1v) is 5.23. The van der Waals surface area contributed by atoms with Crippen LogP contribution in [0.1, 0.15) is 32.6 Å². The van der Waals surface area contributed by atoms with Crippen LogP contribution in [-0.4, -0.2) is 35.2 Å². The number of β-amino-alcohol motifs (C(OH)–C–C–N with tert-alkyl or cyclic N) is 1. The molecule has 2 unspecified atom stereocenters. The molecule has 0 aromatic heterocycles. The summed E-state index contributed by atoms with van der Waals surface area (Å²) in [6, 6.07) is 0.847. The van der Waals surface area contributed by atoms with Crippen molar-refractivity contribution in [2.45, 2.75) is 44.8 Å². The van der Waals surface area contributed by atoms with Gasteiger partial charge in [0.25, 0.3) is 0 Å². The third-order valence-corrected chi connectivity index (χ3v) is 3.29. The lowest BCUT2D eigenvalue weighted by atomic mass is 10.1. The Labute approximate surface area is 74.6 Å². The minimum Gasteiger partial charge on any atom is -0.392 e. The number of hydrogen-bond donors (Lipinski definition) is 1. The second-order valence-corrected chi connectivity index (χ2v) is 4.26. The maximum atomic E-state index is 9.50. The van der Waals surface area contributed by atoms with E-state index in [9.17, 15) is 5.11 Å². The number of nitrogens with zero attached hydrogens (tertiary/aromatic N) is 1. The Morgan fingerprint density at radius 2 is 2.42 bits per heavy atom. The molecule has 1 heterocycles. The molecule has 2 rings (SSSR count). The summed E-state index contributed by atoms with van der Waals surface area (Å²) in [5.41, 5.74) is 0. The molecule has 2 fully saturated rings. The maximum Gasteiger partial charge on any atom is 0.0664 e. The average Bonchev–Trinajstić information content (AvgIpc) is 2.84. The molecule has 2 heteroatoms. The van der Waals surface area contributed by atoms with Crippen molar-refractivity contribution in [3.63, 3.8) is 0 Å². The summed E-state index contributed by atoms with van der Waals surface area (Å²) >= 11 is 0.